The standard InChI is InChI=1S/C25H30FNO5/c1-4-5-17-6-11-21(31-15-24(29)30)20(12-17)23-14-25(3,27-16(2)28)13-22(32-23)18-7-9-19(26)10-8-18/h6-12,22-23H,4-5,13-15H2,1-3H3,(H,27,28)(H,29,30)/t22-,23+,25+/m0/s1. The number of hydrogen-bond donors (Lipinski definition) is 2. The van der Waals surface area contributed by atoms with Crippen LogP contribution in [0, 0.1) is 5.82 Å². The molecule has 32 heavy (non-hydrogen) atoms. The van der Waals surface area contributed by atoms with E-state index < -0.39 is 24.2 Å². The van der Waals surface area contributed by atoms with Gasteiger partial charge in [-0.3, -0.25) is 4.79 Å². The van der Waals surface area contributed by atoms with Crippen molar-refractivity contribution in [1.82, 2.24) is 5.32 Å². The highest BCUT2D eigenvalue weighted by molar-refractivity contribution is 5.73. The molecule has 1 aliphatic heterocycles. The molecule has 2 aromatic rings. The Morgan fingerprint density at radius 2 is 1.88 bits per heavy atom. The molecule has 3 atom stereocenters. The maximum absolute atomic E-state index is 13.5. The second kappa shape index (κ2) is 10.1. The van der Waals surface area contributed by atoms with Gasteiger partial charge < -0.3 is 19.9 Å². The molecule has 0 aromatic heterocycles. The second-order valence-electron chi connectivity index (χ2n) is 8.62. The number of amides is 1. The maximum Gasteiger partial charge on any atom is 0.341 e. The van der Waals surface area contributed by atoms with Gasteiger partial charge in [0.15, 0.2) is 6.61 Å². The van der Waals surface area contributed by atoms with Gasteiger partial charge in [0.25, 0.3) is 0 Å². The highest BCUT2D eigenvalue weighted by atomic mass is 19.1. The van der Waals surface area contributed by atoms with Gasteiger partial charge in [0, 0.05) is 30.9 Å². The number of carbonyl (C=O) groups excluding carboxylic acids is 1. The molecule has 0 spiro atoms. The largest absolute Gasteiger partial charge is 0.482 e. The summed E-state index contributed by atoms with van der Waals surface area (Å²) >= 11 is 0. The van der Waals surface area contributed by atoms with Gasteiger partial charge in [0.2, 0.25) is 5.91 Å². The Hall–Kier alpha value is -2.93. The molecule has 0 aliphatic carbocycles. The summed E-state index contributed by atoms with van der Waals surface area (Å²) in [6, 6.07) is 11.9. The molecule has 2 N–H and O–H groups in total. The van der Waals surface area contributed by atoms with Crippen LogP contribution in [0.4, 0.5) is 4.39 Å². The molecule has 0 bridgehead atoms. The maximum atomic E-state index is 13.5. The third-order valence-electron chi connectivity index (χ3n) is 5.63. The molecule has 0 saturated carbocycles. The second-order valence-corrected chi connectivity index (χ2v) is 8.62. The number of aryl methyl sites for hydroxylation is 1. The van der Waals surface area contributed by atoms with Gasteiger partial charge in [-0.1, -0.05) is 31.5 Å². The number of hydrogen-bond acceptors (Lipinski definition) is 4. The first-order valence-corrected chi connectivity index (χ1v) is 10.9. The molecule has 0 unspecified atom stereocenters. The summed E-state index contributed by atoms with van der Waals surface area (Å²) in [5.74, 6) is -1.09. The smallest absolute Gasteiger partial charge is 0.341 e. The lowest BCUT2D eigenvalue weighted by atomic mass is 9.81. The molecule has 1 heterocycles. The van der Waals surface area contributed by atoms with Gasteiger partial charge in [-0.15, -0.1) is 0 Å². The van der Waals surface area contributed by atoms with E-state index in [0.29, 0.717) is 18.6 Å². The van der Waals surface area contributed by atoms with Crippen molar-refractivity contribution >= 4 is 11.9 Å². The van der Waals surface area contributed by atoms with E-state index in [2.05, 4.69) is 12.2 Å². The van der Waals surface area contributed by atoms with Crippen molar-refractivity contribution in [2.75, 3.05) is 6.61 Å². The fourth-order valence-electron chi connectivity index (χ4n) is 4.35. The number of aliphatic carboxylic acids is 1. The first-order chi connectivity index (χ1) is 15.2. The zero-order valence-electron chi connectivity index (χ0n) is 18.7. The summed E-state index contributed by atoms with van der Waals surface area (Å²) in [5, 5.41) is 12.1. The number of nitrogens with one attached hydrogen (secondary N) is 1. The minimum Gasteiger partial charge on any atom is -0.482 e. The number of rotatable bonds is 8. The van der Waals surface area contributed by atoms with Crippen LogP contribution in [0.1, 0.15) is 68.9 Å². The van der Waals surface area contributed by atoms with Crippen molar-refractivity contribution in [2.24, 2.45) is 0 Å². The Kier molecular flexibility index (Phi) is 7.51. The van der Waals surface area contributed by atoms with Crippen molar-refractivity contribution in [3.8, 4) is 5.75 Å². The normalized spacial score (nSPS) is 22.9. The van der Waals surface area contributed by atoms with Gasteiger partial charge in [-0.05, 0) is 48.7 Å². The van der Waals surface area contributed by atoms with Crippen molar-refractivity contribution < 1.29 is 28.6 Å². The van der Waals surface area contributed by atoms with E-state index in [-0.39, 0.29) is 17.8 Å². The van der Waals surface area contributed by atoms with Crippen molar-refractivity contribution in [2.45, 2.75) is 64.2 Å². The average Bonchev–Trinajstić information content (AvgIpc) is 2.72. The van der Waals surface area contributed by atoms with Crippen LogP contribution in [-0.2, 0) is 20.7 Å². The summed E-state index contributed by atoms with van der Waals surface area (Å²) in [5.41, 5.74) is 2.09. The zero-order valence-corrected chi connectivity index (χ0v) is 18.7. The molecule has 0 radical (unpaired) electrons. The van der Waals surface area contributed by atoms with Crippen LogP contribution in [0.5, 0.6) is 5.75 Å². The number of carbonyl (C=O) groups is 2. The highest BCUT2D eigenvalue weighted by Crippen LogP contribution is 2.46. The fourth-order valence-corrected chi connectivity index (χ4v) is 4.35. The molecule has 3 rings (SSSR count). The zero-order chi connectivity index (χ0) is 23.3. The Morgan fingerprint density at radius 3 is 2.50 bits per heavy atom. The van der Waals surface area contributed by atoms with E-state index in [9.17, 15) is 14.0 Å². The van der Waals surface area contributed by atoms with Crippen LogP contribution in [0.3, 0.4) is 0 Å². The van der Waals surface area contributed by atoms with Gasteiger partial charge in [-0.2, -0.15) is 0 Å². The molecule has 1 amide bonds. The quantitative estimate of drug-likeness (QED) is 0.616. The number of benzene rings is 2. The Labute approximate surface area is 187 Å². The minimum absolute atomic E-state index is 0.145. The molecular weight excluding hydrogens is 413 g/mol. The van der Waals surface area contributed by atoms with Crippen LogP contribution in [0.25, 0.3) is 0 Å². The van der Waals surface area contributed by atoms with E-state index in [1.807, 2.05) is 19.1 Å². The van der Waals surface area contributed by atoms with E-state index in [1.165, 1.54) is 19.1 Å². The predicted octanol–water partition coefficient (Wildman–Crippen LogP) is 4.73. The first-order valence-electron chi connectivity index (χ1n) is 10.9. The third kappa shape index (κ3) is 6.07. The van der Waals surface area contributed by atoms with Gasteiger partial charge in [0.1, 0.15) is 11.6 Å². The molecule has 1 saturated heterocycles. The van der Waals surface area contributed by atoms with E-state index >= 15 is 0 Å². The summed E-state index contributed by atoms with van der Waals surface area (Å²) in [7, 11) is 0. The lowest BCUT2D eigenvalue weighted by Gasteiger charge is -2.43. The Balaban J connectivity index is 2.00. The van der Waals surface area contributed by atoms with Gasteiger partial charge in [0.05, 0.1) is 12.2 Å². The van der Waals surface area contributed by atoms with E-state index in [4.69, 9.17) is 14.6 Å². The molecule has 1 aliphatic rings. The van der Waals surface area contributed by atoms with E-state index in [1.54, 1.807) is 18.2 Å². The Bertz CT molecular complexity index is 961. The first kappa shape index (κ1) is 23.7. The van der Waals surface area contributed by atoms with Crippen LogP contribution >= 0.6 is 0 Å². The van der Waals surface area contributed by atoms with Gasteiger partial charge >= 0.3 is 5.97 Å². The molecule has 172 valence electrons. The topological polar surface area (TPSA) is 84.9 Å². The molecule has 1 fully saturated rings. The monoisotopic (exact) mass is 443 g/mol. The van der Waals surface area contributed by atoms with Crippen molar-refractivity contribution in [1.29, 1.82) is 0 Å². The predicted molar refractivity (Wildman–Crippen MR) is 118 cm³/mol. The molecule has 7 heteroatoms. The summed E-state index contributed by atoms with van der Waals surface area (Å²) < 4.78 is 25.5. The average molecular weight is 444 g/mol. The van der Waals surface area contributed by atoms with Gasteiger partial charge in [-0.25, -0.2) is 9.18 Å². The number of ether oxygens (including phenoxy) is 2. The lowest BCUT2D eigenvalue weighted by molar-refractivity contribution is -0.139. The highest BCUT2D eigenvalue weighted by Gasteiger charge is 2.40. The van der Waals surface area contributed by atoms with Crippen LogP contribution in [-0.4, -0.2) is 29.1 Å². The minimum atomic E-state index is -1.06. The van der Waals surface area contributed by atoms with Crippen LogP contribution < -0.4 is 10.1 Å². The SMILES string of the molecule is CCCc1ccc(OCC(=O)O)c([C@H]2C[C@](C)(NC(C)=O)C[C@@H](c3ccc(F)cc3)O2)c1. The number of carboxylic acid groups (broad SMARTS) is 1. The van der Waals surface area contributed by atoms with Crippen molar-refractivity contribution in [3.05, 3.63) is 65.0 Å². The number of halogens is 1. The van der Waals surface area contributed by atoms with E-state index in [0.717, 1.165) is 29.5 Å². The van der Waals surface area contributed by atoms with Crippen LogP contribution in [0.15, 0.2) is 42.5 Å². The van der Waals surface area contributed by atoms with Crippen LogP contribution in [0.2, 0.25) is 0 Å². The Morgan fingerprint density at radius 1 is 1.19 bits per heavy atom. The summed E-state index contributed by atoms with van der Waals surface area (Å²) in [4.78, 5) is 23.0. The summed E-state index contributed by atoms with van der Waals surface area (Å²) in [6.07, 6.45) is 2.01. The number of carboxylic acids is 1. The molecule has 6 nitrogen and oxygen atoms in total. The fraction of sp³-hybridized carbons (Fsp3) is 0.440. The summed E-state index contributed by atoms with van der Waals surface area (Å²) in [6.45, 7) is 5.07. The van der Waals surface area contributed by atoms with Crippen molar-refractivity contribution in [3.63, 3.8) is 0 Å². The third-order valence-corrected chi connectivity index (χ3v) is 5.63. The molecule has 2 aromatic carbocycles. The molecular formula is C25H30FNO5. The lowest BCUT2D eigenvalue weighted by Crippen LogP contribution is -2.50.